The lowest BCUT2D eigenvalue weighted by Gasteiger charge is -2.27. The minimum Gasteiger partial charge on any atom is -0.358 e. The first-order valence-electron chi connectivity index (χ1n) is 5.84. The molecule has 0 saturated carbocycles. The first kappa shape index (κ1) is 10.1. The van der Waals surface area contributed by atoms with E-state index in [-0.39, 0.29) is 6.04 Å². The standard InChI is InChI=1S/C15H14N2/c1-2-6-12(7-3-1)17-15-10-11-16-14-9-5-4-8-13(14)15/h1-11,13-14,17H. The lowest BCUT2D eigenvalue weighted by Crippen LogP contribution is -2.25. The second kappa shape index (κ2) is 4.42. The number of para-hydroxylation sites is 1. The number of allylic oxidation sites excluding steroid dienone is 3. The quantitative estimate of drug-likeness (QED) is 0.816. The molecular formula is C15H14N2. The molecule has 2 atom stereocenters. The van der Waals surface area contributed by atoms with Gasteiger partial charge in [-0.1, -0.05) is 42.5 Å². The molecule has 0 amide bonds. The van der Waals surface area contributed by atoms with E-state index in [1.165, 1.54) is 5.70 Å². The summed E-state index contributed by atoms with van der Waals surface area (Å²) in [5.41, 5.74) is 2.33. The van der Waals surface area contributed by atoms with Gasteiger partial charge in [0.25, 0.3) is 0 Å². The molecule has 3 rings (SSSR count). The lowest BCUT2D eigenvalue weighted by molar-refractivity contribution is 0.650. The maximum Gasteiger partial charge on any atom is 0.0800 e. The molecule has 2 aliphatic rings. The average molecular weight is 222 g/mol. The molecule has 84 valence electrons. The van der Waals surface area contributed by atoms with E-state index >= 15 is 0 Å². The molecule has 0 saturated heterocycles. The van der Waals surface area contributed by atoms with Crippen molar-refractivity contribution in [2.24, 2.45) is 10.9 Å². The SMILES string of the molecule is C1=CC2N=CC=C(Nc3ccccc3)C2C=C1. The number of anilines is 1. The van der Waals surface area contributed by atoms with Crippen molar-refractivity contribution in [3.8, 4) is 0 Å². The molecule has 0 spiro atoms. The van der Waals surface area contributed by atoms with Gasteiger partial charge in [-0.05, 0) is 18.2 Å². The largest absolute Gasteiger partial charge is 0.358 e. The summed E-state index contributed by atoms with van der Waals surface area (Å²) in [5, 5.41) is 3.46. The number of hydrogen-bond donors (Lipinski definition) is 1. The maximum absolute atomic E-state index is 4.46. The van der Waals surface area contributed by atoms with Crippen molar-refractivity contribution in [3.05, 3.63) is 66.4 Å². The van der Waals surface area contributed by atoms with Crippen LogP contribution in [0, 0.1) is 5.92 Å². The zero-order valence-electron chi connectivity index (χ0n) is 9.45. The van der Waals surface area contributed by atoms with E-state index in [1.54, 1.807) is 0 Å². The second-order valence-electron chi connectivity index (χ2n) is 4.20. The predicted molar refractivity (Wildman–Crippen MR) is 72.2 cm³/mol. The van der Waals surface area contributed by atoms with E-state index in [9.17, 15) is 0 Å². The fourth-order valence-corrected chi connectivity index (χ4v) is 2.17. The number of nitrogens with zero attached hydrogens (tertiary/aromatic N) is 1. The van der Waals surface area contributed by atoms with Gasteiger partial charge in [0.2, 0.25) is 0 Å². The Morgan fingerprint density at radius 2 is 1.82 bits per heavy atom. The van der Waals surface area contributed by atoms with Crippen LogP contribution >= 0.6 is 0 Å². The van der Waals surface area contributed by atoms with Crippen LogP contribution in [0.3, 0.4) is 0 Å². The molecule has 0 aromatic heterocycles. The van der Waals surface area contributed by atoms with E-state index in [0.29, 0.717) is 5.92 Å². The van der Waals surface area contributed by atoms with Gasteiger partial charge in [0.1, 0.15) is 0 Å². The Hall–Kier alpha value is -2.09. The molecule has 2 heteroatoms. The Kier molecular flexibility index (Phi) is 2.62. The van der Waals surface area contributed by atoms with Crippen LogP contribution in [0.15, 0.2) is 71.4 Å². The van der Waals surface area contributed by atoms with Crippen LogP contribution in [0.1, 0.15) is 0 Å². The number of dihydropyridines is 1. The number of hydrogen-bond acceptors (Lipinski definition) is 2. The third-order valence-corrected chi connectivity index (χ3v) is 3.04. The number of nitrogens with one attached hydrogen (secondary N) is 1. The highest BCUT2D eigenvalue weighted by Gasteiger charge is 2.23. The summed E-state index contributed by atoms with van der Waals surface area (Å²) in [6.07, 6.45) is 12.4. The van der Waals surface area contributed by atoms with Crippen molar-refractivity contribution in [3.63, 3.8) is 0 Å². The Labute approximate surface area is 101 Å². The summed E-state index contributed by atoms with van der Waals surface area (Å²) in [5.74, 6) is 0.338. The van der Waals surface area contributed by atoms with Gasteiger partial charge >= 0.3 is 0 Å². The molecule has 1 heterocycles. The van der Waals surface area contributed by atoms with E-state index in [1.807, 2.05) is 24.4 Å². The van der Waals surface area contributed by atoms with Gasteiger partial charge < -0.3 is 5.32 Å². The Morgan fingerprint density at radius 3 is 2.71 bits per heavy atom. The normalized spacial score (nSPS) is 25.3. The van der Waals surface area contributed by atoms with E-state index in [4.69, 9.17) is 0 Å². The van der Waals surface area contributed by atoms with Crippen LogP contribution in [-0.4, -0.2) is 12.3 Å². The van der Waals surface area contributed by atoms with Crippen molar-refractivity contribution in [1.82, 2.24) is 0 Å². The van der Waals surface area contributed by atoms with Gasteiger partial charge in [0.15, 0.2) is 0 Å². The van der Waals surface area contributed by atoms with Crippen molar-refractivity contribution in [1.29, 1.82) is 0 Å². The van der Waals surface area contributed by atoms with E-state index < -0.39 is 0 Å². The molecule has 0 bridgehead atoms. The maximum atomic E-state index is 4.46. The first-order chi connectivity index (χ1) is 8.43. The number of fused-ring (bicyclic) bond motifs is 1. The molecule has 0 fully saturated rings. The van der Waals surface area contributed by atoms with Crippen molar-refractivity contribution < 1.29 is 0 Å². The highest BCUT2D eigenvalue weighted by atomic mass is 14.9. The Bertz CT molecular complexity index is 509. The van der Waals surface area contributed by atoms with Crippen LogP contribution in [0.2, 0.25) is 0 Å². The van der Waals surface area contributed by atoms with Crippen LogP contribution in [0.5, 0.6) is 0 Å². The monoisotopic (exact) mass is 222 g/mol. The van der Waals surface area contributed by atoms with Gasteiger partial charge in [-0.3, -0.25) is 4.99 Å². The second-order valence-corrected chi connectivity index (χ2v) is 4.20. The molecule has 1 aromatic carbocycles. The number of rotatable bonds is 2. The Balaban J connectivity index is 1.83. The van der Waals surface area contributed by atoms with Crippen LogP contribution < -0.4 is 5.32 Å². The van der Waals surface area contributed by atoms with Crippen LogP contribution in [0.25, 0.3) is 0 Å². The van der Waals surface area contributed by atoms with Gasteiger partial charge in [-0.2, -0.15) is 0 Å². The fraction of sp³-hybridized carbons (Fsp3) is 0.133. The highest BCUT2D eigenvalue weighted by molar-refractivity contribution is 5.76. The van der Waals surface area contributed by atoms with Crippen LogP contribution in [0.4, 0.5) is 5.69 Å². The summed E-state index contributed by atoms with van der Waals surface area (Å²) in [6.45, 7) is 0. The minimum atomic E-state index is 0.246. The number of benzene rings is 1. The molecule has 2 nitrogen and oxygen atoms in total. The minimum absolute atomic E-state index is 0.246. The molecule has 2 unspecified atom stereocenters. The van der Waals surface area contributed by atoms with Crippen molar-refractivity contribution in [2.75, 3.05) is 5.32 Å². The zero-order valence-corrected chi connectivity index (χ0v) is 9.45. The van der Waals surface area contributed by atoms with Gasteiger partial charge in [0.05, 0.1) is 6.04 Å². The van der Waals surface area contributed by atoms with E-state index in [2.05, 4.69) is 52.8 Å². The van der Waals surface area contributed by atoms with Gasteiger partial charge in [0, 0.05) is 23.5 Å². The first-order valence-corrected chi connectivity index (χ1v) is 5.84. The summed E-state index contributed by atoms with van der Waals surface area (Å²) >= 11 is 0. The molecule has 0 radical (unpaired) electrons. The summed E-state index contributed by atoms with van der Waals surface area (Å²) in [4.78, 5) is 4.46. The highest BCUT2D eigenvalue weighted by Crippen LogP contribution is 2.27. The zero-order chi connectivity index (χ0) is 11.5. The topological polar surface area (TPSA) is 24.4 Å². The van der Waals surface area contributed by atoms with Crippen molar-refractivity contribution in [2.45, 2.75) is 6.04 Å². The molecule has 1 aromatic rings. The van der Waals surface area contributed by atoms with Crippen LogP contribution in [-0.2, 0) is 0 Å². The summed E-state index contributed by atoms with van der Waals surface area (Å²) < 4.78 is 0. The van der Waals surface area contributed by atoms with Gasteiger partial charge in [-0.15, -0.1) is 0 Å². The lowest BCUT2D eigenvalue weighted by atomic mass is 9.90. The number of aliphatic imine (C=N–C) groups is 1. The van der Waals surface area contributed by atoms with Crippen molar-refractivity contribution >= 4 is 11.9 Å². The van der Waals surface area contributed by atoms with Gasteiger partial charge in [-0.25, -0.2) is 0 Å². The fourth-order valence-electron chi connectivity index (χ4n) is 2.17. The molecule has 17 heavy (non-hydrogen) atoms. The summed E-state index contributed by atoms with van der Waals surface area (Å²) in [6, 6.07) is 10.5. The third-order valence-electron chi connectivity index (χ3n) is 3.04. The average Bonchev–Trinajstić information content (AvgIpc) is 2.40. The van der Waals surface area contributed by atoms with E-state index in [0.717, 1.165) is 5.69 Å². The molecule has 1 N–H and O–H groups in total. The predicted octanol–water partition coefficient (Wildman–Crippen LogP) is 3.18. The smallest absolute Gasteiger partial charge is 0.0800 e. The third kappa shape index (κ3) is 2.07. The molecule has 1 aliphatic heterocycles. The molecular weight excluding hydrogens is 208 g/mol. The Morgan fingerprint density at radius 1 is 1.00 bits per heavy atom. The molecule has 1 aliphatic carbocycles. The summed E-state index contributed by atoms with van der Waals surface area (Å²) in [7, 11) is 0.